The summed E-state index contributed by atoms with van der Waals surface area (Å²) < 4.78 is 1.03. The molecule has 0 unspecified atom stereocenters. The van der Waals surface area contributed by atoms with Gasteiger partial charge >= 0.3 is 0 Å². The van der Waals surface area contributed by atoms with E-state index < -0.39 is 0 Å². The van der Waals surface area contributed by atoms with Gasteiger partial charge in [0.2, 0.25) is 0 Å². The number of hydrogen-bond donors (Lipinski definition) is 1. The fourth-order valence-electron chi connectivity index (χ4n) is 2.24. The minimum atomic E-state index is 0.112. The van der Waals surface area contributed by atoms with Gasteiger partial charge in [-0.05, 0) is 37.0 Å². The van der Waals surface area contributed by atoms with Gasteiger partial charge in [-0.1, -0.05) is 22.9 Å². The Morgan fingerprint density at radius 2 is 2.06 bits per heavy atom. The number of benzene rings is 1. The van der Waals surface area contributed by atoms with E-state index in [1.807, 2.05) is 12.1 Å². The molecular weight excluding hydrogens is 266 g/mol. The summed E-state index contributed by atoms with van der Waals surface area (Å²) in [5, 5.41) is 9.38. The number of halogens is 1. The van der Waals surface area contributed by atoms with Gasteiger partial charge in [0.25, 0.3) is 0 Å². The van der Waals surface area contributed by atoms with Crippen LogP contribution in [0.3, 0.4) is 0 Å². The zero-order valence-electron chi connectivity index (χ0n) is 9.62. The Labute approximate surface area is 105 Å². The first-order chi connectivity index (χ1) is 7.70. The van der Waals surface area contributed by atoms with Crippen LogP contribution in [0.25, 0.3) is 0 Å². The van der Waals surface area contributed by atoms with E-state index in [0.717, 1.165) is 29.0 Å². The van der Waals surface area contributed by atoms with E-state index in [1.165, 1.54) is 18.5 Å². The zero-order chi connectivity index (χ0) is 11.5. The maximum atomic E-state index is 9.38. The van der Waals surface area contributed by atoms with Crippen LogP contribution in [0.5, 0.6) is 0 Å². The van der Waals surface area contributed by atoms with E-state index in [4.69, 9.17) is 0 Å². The molecule has 0 radical (unpaired) electrons. The van der Waals surface area contributed by atoms with Gasteiger partial charge in [0.15, 0.2) is 0 Å². The number of rotatable bonds is 2. The van der Waals surface area contributed by atoms with Crippen molar-refractivity contribution >= 4 is 21.6 Å². The van der Waals surface area contributed by atoms with Crippen LogP contribution >= 0.6 is 15.9 Å². The number of hydrogen-bond acceptors (Lipinski definition) is 2. The summed E-state index contributed by atoms with van der Waals surface area (Å²) >= 11 is 3.44. The topological polar surface area (TPSA) is 23.5 Å². The van der Waals surface area contributed by atoms with Crippen LogP contribution in [0.4, 0.5) is 5.69 Å². The van der Waals surface area contributed by atoms with Crippen molar-refractivity contribution in [1.82, 2.24) is 0 Å². The average Bonchev–Trinajstić information content (AvgIpc) is 2.30. The first-order valence-corrected chi connectivity index (χ1v) is 6.64. The van der Waals surface area contributed by atoms with Gasteiger partial charge in [0.1, 0.15) is 0 Å². The van der Waals surface area contributed by atoms with Gasteiger partial charge in [-0.2, -0.15) is 0 Å². The third kappa shape index (κ3) is 2.58. The van der Waals surface area contributed by atoms with Crippen LogP contribution in [-0.2, 0) is 6.61 Å². The molecule has 88 valence electrons. The third-order valence-electron chi connectivity index (χ3n) is 3.34. The molecule has 0 spiro atoms. The normalized spacial score (nSPS) is 17.8. The summed E-state index contributed by atoms with van der Waals surface area (Å²) in [6.07, 6.45) is 2.50. The molecule has 0 aromatic heterocycles. The second kappa shape index (κ2) is 5.19. The third-order valence-corrected chi connectivity index (χ3v) is 3.83. The molecule has 0 amide bonds. The summed E-state index contributed by atoms with van der Waals surface area (Å²) in [5.41, 5.74) is 2.21. The molecule has 1 aromatic carbocycles. The molecule has 0 aliphatic carbocycles. The summed E-state index contributed by atoms with van der Waals surface area (Å²) in [7, 11) is 0. The lowest BCUT2D eigenvalue weighted by Gasteiger charge is -2.33. The highest BCUT2D eigenvalue weighted by molar-refractivity contribution is 9.10. The summed E-state index contributed by atoms with van der Waals surface area (Å²) in [5.74, 6) is 0.837. The second-order valence-electron chi connectivity index (χ2n) is 4.60. The van der Waals surface area contributed by atoms with Gasteiger partial charge in [-0.25, -0.2) is 0 Å². The summed E-state index contributed by atoms with van der Waals surface area (Å²) in [6.45, 7) is 4.64. The van der Waals surface area contributed by atoms with E-state index in [-0.39, 0.29) is 6.61 Å². The quantitative estimate of drug-likeness (QED) is 0.901. The standard InChI is InChI=1S/C13H18BrNO/c1-10-4-6-15(7-5-10)13-3-2-12(14)8-11(13)9-16/h2-3,8,10,16H,4-7,9H2,1H3. The molecule has 16 heavy (non-hydrogen) atoms. The molecule has 0 bridgehead atoms. The van der Waals surface area contributed by atoms with Gasteiger partial charge in [0, 0.05) is 28.8 Å². The van der Waals surface area contributed by atoms with Crippen LogP contribution in [0.1, 0.15) is 25.3 Å². The van der Waals surface area contributed by atoms with E-state index >= 15 is 0 Å². The second-order valence-corrected chi connectivity index (χ2v) is 5.52. The Morgan fingerprint density at radius 3 is 2.69 bits per heavy atom. The predicted octanol–water partition coefficient (Wildman–Crippen LogP) is 3.18. The molecular formula is C13H18BrNO. The van der Waals surface area contributed by atoms with Crippen LogP contribution in [0, 0.1) is 5.92 Å². The number of piperidine rings is 1. The molecule has 2 rings (SSSR count). The molecule has 0 saturated carbocycles. The van der Waals surface area contributed by atoms with E-state index in [2.05, 4.69) is 33.8 Å². The van der Waals surface area contributed by atoms with Gasteiger partial charge < -0.3 is 10.0 Å². The number of anilines is 1. The van der Waals surface area contributed by atoms with Crippen LogP contribution in [0.2, 0.25) is 0 Å². The molecule has 2 nitrogen and oxygen atoms in total. The molecule has 1 saturated heterocycles. The predicted molar refractivity (Wildman–Crippen MR) is 70.7 cm³/mol. The Bertz CT molecular complexity index is 359. The molecule has 0 atom stereocenters. The maximum absolute atomic E-state index is 9.38. The van der Waals surface area contributed by atoms with Crippen molar-refractivity contribution < 1.29 is 5.11 Å². The number of nitrogens with zero attached hydrogens (tertiary/aromatic N) is 1. The molecule has 1 aliphatic rings. The summed E-state index contributed by atoms with van der Waals surface area (Å²) in [4.78, 5) is 2.39. The van der Waals surface area contributed by atoms with Crippen molar-refractivity contribution in [2.24, 2.45) is 5.92 Å². The lowest BCUT2D eigenvalue weighted by Crippen LogP contribution is -2.33. The van der Waals surface area contributed by atoms with Crippen molar-refractivity contribution in [1.29, 1.82) is 0 Å². The van der Waals surface area contributed by atoms with Crippen LogP contribution in [-0.4, -0.2) is 18.2 Å². The lowest BCUT2D eigenvalue weighted by atomic mass is 9.98. The summed E-state index contributed by atoms with van der Waals surface area (Å²) in [6, 6.07) is 6.16. The minimum Gasteiger partial charge on any atom is -0.392 e. The zero-order valence-corrected chi connectivity index (χ0v) is 11.2. The highest BCUT2D eigenvalue weighted by atomic mass is 79.9. The van der Waals surface area contributed by atoms with E-state index in [0.29, 0.717) is 0 Å². The van der Waals surface area contributed by atoms with Crippen LogP contribution in [0.15, 0.2) is 22.7 Å². The average molecular weight is 284 g/mol. The van der Waals surface area contributed by atoms with Crippen molar-refractivity contribution in [3.8, 4) is 0 Å². The van der Waals surface area contributed by atoms with E-state index in [1.54, 1.807) is 0 Å². The Kier molecular flexibility index (Phi) is 3.87. The smallest absolute Gasteiger partial charge is 0.0702 e. The largest absolute Gasteiger partial charge is 0.392 e. The van der Waals surface area contributed by atoms with E-state index in [9.17, 15) is 5.11 Å². The number of aliphatic hydroxyl groups excluding tert-OH is 1. The van der Waals surface area contributed by atoms with Crippen molar-refractivity contribution in [2.45, 2.75) is 26.4 Å². The lowest BCUT2D eigenvalue weighted by molar-refractivity contribution is 0.281. The fourth-order valence-corrected chi connectivity index (χ4v) is 2.65. The molecule has 1 fully saturated rings. The number of aliphatic hydroxyl groups is 1. The highest BCUT2D eigenvalue weighted by Gasteiger charge is 2.17. The van der Waals surface area contributed by atoms with Crippen molar-refractivity contribution in [3.05, 3.63) is 28.2 Å². The Balaban J connectivity index is 2.19. The first-order valence-electron chi connectivity index (χ1n) is 5.85. The SMILES string of the molecule is CC1CCN(c2ccc(Br)cc2CO)CC1. The minimum absolute atomic E-state index is 0.112. The van der Waals surface area contributed by atoms with Crippen molar-refractivity contribution in [2.75, 3.05) is 18.0 Å². The molecule has 1 aliphatic heterocycles. The molecule has 1 N–H and O–H groups in total. The van der Waals surface area contributed by atoms with Gasteiger partial charge in [0.05, 0.1) is 6.61 Å². The van der Waals surface area contributed by atoms with Gasteiger partial charge in [-0.15, -0.1) is 0 Å². The Hall–Kier alpha value is -0.540. The molecule has 3 heteroatoms. The monoisotopic (exact) mass is 283 g/mol. The molecule has 1 aromatic rings. The highest BCUT2D eigenvalue weighted by Crippen LogP contribution is 2.28. The van der Waals surface area contributed by atoms with Crippen molar-refractivity contribution in [3.63, 3.8) is 0 Å². The molecule has 1 heterocycles. The van der Waals surface area contributed by atoms with Crippen LogP contribution < -0.4 is 4.90 Å². The van der Waals surface area contributed by atoms with Gasteiger partial charge in [-0.3, -0.25) is 0 Å². The maximum Gasteiger partial charge on any atom is 0.0702 e. The Morgan fingerprint density at radius 1 is 1.38 bits per heavy atom. The first kappa shape index (κ1) is 11.9. The fraction of sp³-hybridized carbons (Fsp3) is 0.538.